The van der Waals surface area contributed by atoms with E-state index in [1.165, 1.54) is 99.1 Å². The predicted octanol–water partition coefficient (Wildman–Crippen LogP) is 11.3. The van der Waals surface area contributed by atoms with Gasteiger partial charge in [0.1, 0.15) is 0 Å². The first-order valence-corrected chi connectivity index (χ1v) is 16.2. The lowest BCUT2D eigenvalue weighted by Gasteiger charge is -2.24. The Labute approximate surface area is 258 Å². The lowest BCUT2D eigenvalue weighted by Crippen LogP contribution is -2.03. The van der Waals surface area contributed by atoms with Gasteiger partial charge in [0.2, 0.25) is 0 Å². The SMILES string of the molecule is C1=Cc2c(c(-c3cccc(-c4cc5c6c(cccc6c4)CC5)c3)c3ccccc3c2-c2cc3c4c(cccc4c2)CC3)CC1. The highest BCUT2D eigenvalue weighted by Gasteiger charge is 2.24. The highest BCUT2D eigenvalue weighted by molar-refractivity contribution is 6.11. The van der Waals surface area contributed by atoms with Crippen molar-refractivity contribution in [1.82, 2.24) is 0 Å². The molecule has 0 atom stereocenters. The minimum Gasteiger partial charge on any atom is -0.0836 e. The van der Waals surface area contributed by atoms with Crippen LogP contribution in [0.5, 0.6) is 0 Å². The van der Waals surface area contributed by atoms with Crippen LogP contribution >= 0.6 is 0 Å². The first-order valence-electron chi connectivity index (χ1n) is 16.2. The van der Waals surface area contributed by atoms with Crippen molar-refractivity contribution in [2.75, 3.05) is 0 Å². The Balaban J connectivity index is 1.21. The summed E-state index contributed by atoms with van der Waals surface area (Å²) in [4.78, 5) is 0. The third-order valence-corrected chi connectivity index (χ3v) is 10.6. The molecule has 0 bridgehead atoms. The van der Waals surface area contributed by atoms with E-state index >= 15 is 0 Å². The predicted molar refractivity (Wildman–Crippen MR) is 187 cm³/mol. The fraction of sp³-hybridized carbons (Fsp3) is 0.136. The van der Waals surface area contributed by atoms with Crippen LogP contribution < -0.4 is 0 Å². The molecule has 0 aliphatic heterocycles. The molecule has 0 unspecified atom stereocenters. The van der Waals surface area contributed by atoms with E-state index in [4.69, 9.17) is 0 Å². The average molecular weight is 561 g/mol. The van der Waals surface area contributed by atoms with Gasteiger partial charge in [-0.05, 0) is 156 Å². The van der Waals surface area contributed by atoms with Crippen molar-refractivity contribution in [3.63, 3.8) is 0 Å². The van der Waals surface area contributed by atoms with E-state index in [2.05, 4.69) is 121 Å². The van der Waals surface area contributed by atoms with Crippen LogP contribution in [0.1, 0.15) is 39.8 Å². The van der Waals surface area contributed by atoms with Gasteiger partial charge in [0, 0.05) is 0 Å². The molecule has 0 fully saturated rings. The molecule has 0 radical (unpaired) electrons. The minimum absolute atomic E-state index is 1.07. The van der Waals surface area contributed by atoms with E-state index in [1.54, 1.807) is 0 Å². The number of hydrogen-bond acceptors (Lipinski definition) is 0. The summed E-state index contributed by atoms with van der Waals surface area (Å²) < 4.78 is 0. The summed E-state index contributed by atoms with van der Waals surface area (Å²) in [6.07, 6.45) is 11.5. The maximum atomic E-state index is 2.50. The zero-order valence-corrected chi connectivity index (χ0v) is 24.8. The summed E-state index contributed by atoms with van der Waals surface area (Å²) in [5, 5.41) is 8.44. The van der Waals surface area contributed by atoms with E-state index in [0.717, 1.165) is 38.5 Å². The maximum absolute atomic E-state index is 2.50. The summed E-state index contributed by atoms with van der Waals surface area (Å²) in [7, 11) is 0. The van der Waals surface area contributed by atoms with Gasteiger partial charge in [0.25, 0.3) is 0 Å². The number of benzene rings is 7. The summed E-state index contributed by atoms with van der Waals surface area (Å²) in [6, 6.07) is 42.0. The Morgan fingerprint density at radius 3 is 1.77 bits per heavy atom. The second kappa shape index (κ2) is 9.28. The monoisotopic (exact) mass is 560 g/mol. The van der Waals surface area contributed by atoms with Crippen LogP contribution in [0.25, 0.3) is 71.8 Å². The van der Waals surface area contributed by atoms with E-state index in [-0.39, 0.29) is 0 Å². The molecule has 0 spiro atoms. The Hall–Kier alpha value is -4.94. The zero-order valence-electron chi connectivity index (χ0n) is 24.8. The van der Waals surface area contributed by atoms with E-state index in [9.17, 15) is 0 Å². The lowest BCUT2D eigenvalue weighted by molar-refractivity contribution is 0.991. The van der Waals surface area contributed by atoms with Gasteiger partial charge < -0.3 is 0 Å². The topological polar surface area (TPSA) is 0 Å². The molecule has 208 valence electrons. The first kappa shape index (κ1) is 24.5. The highest BCUT2D eigenvalue weighted by atomic mass is 14.3. The molecule has 0 nitrogen and oxygen atoms in total. The second-order valence-corrected chi connectivity index (χ2v) is 13.0. The van der Waals surface area contributed by atoms with Crippen LogP contribution in [0, 0.1) is 0 Å². The summed E-state index contributed by atoms with van der Waals surface area (Å²) >= 11 is 0. The van der Waals surface area contributed by atoms with Crippen molar-refractivity contribution < 1.29 is 0 Å². The summed E-state index contributed by atoms with van der Waals surface area (Å²) in [6.45, 7) is 0. The molecule has 0 saturated carbocycles. The number of allylic oxidation sites excluding steroid dienone is 1. The second-order valence-electron chi connectivity index (χ2n) is 13.0. The molecule has 0 amide bonds. The quantitative estimate of drug-likeness (QED) is 0.202. The fourth-order valence-electron chi connectivity index (χ4n) is 8.74. The largest absolute Gasteiger partial charge is 0.0836 e. The third kappa shape index (κ3) is 3.52. The van der Waals surface area contributed by atoms with Crippen LogP contribution in [0.15, 0.2) is 115 Å². The number of fused-ring (bicyclic) bond motifs is 2. The Morgan fingerprint density at radius 1 is 0.409 bits per heavy atom. The molecule has 7 aromatic carbocycles. The molecular weight excluding hydrogens is 528 g/mol. The maximum Gasteiger partial charge on any atom is -0.00294 e. The van der Waals surface area contributed by atoms with Gasteiger partial charge in [-0.1, -0.05) is 103 Å². The molecule has 3 aliphatic rings. The third-order valence-electron chi connectivity index (χ3n) is 10.6. The van der Waals surface area contributed by atoms with Gasteiger partial charge in [0.05, 0.1) is 0 Å². The van der Waals surface area contributed by atoms with Gasteiger partial charge in [0.15, 0.2) is 0 Å². The van der Waals surface area contributed by atoms with E-state index < -0.39 is 0 Å². The van der Waals surface area contributed by atoms with Crippen LogP contribution in [0.3, 0.4) is 0 Å². The van der Waals surface area contributed by atoms with Crippen molar-refractivity contribution in [3.8, 4) is 33.4 Å². The summed E-state index contributed by atoms with van der Waals surface area (Å²) in [5.41, 5.74) is 17.0. The molecule has 7 aromatic rings. The molecule has 44 heavy (non-hydrogen) atoms. The van der Waals surface area contributed by atoms with E-state index in [0.29, 0.717) is 0 Å². The number of rotatable bonds is 3. The van der Waals surface area contributed by atoms with E-state index in [1.807, 2.05) is 0 Å². The minimum atomic E-state index is 1.07. The van der Waals surface area contributed by atoms with Crippen molar-refractivity contribution in [1.29, 1.82) is 0 Å². The highest BCUT2D eigenvalue weighted by Crippen LogP contribution is 2.47. The Kier molecular flexibility index (Phi) is 5.17. The molecule has 0 N–H and O–H groups in total. The molecule has 10 rings (SSSR count). The molecule has 0 aromatic heterocycles. The van der Waals surface area contributed by atoms with Crippen molar-refractivity contribution in [2.45, 2.75) is 38.5 Å². The first-order chi connectivity index (χ1) is 21.8. The van der Waals surface area contributed by atoms with Crippen LogP contribution in [0.4, 0.5) is 0 Å². The fourth-order valence-corrected chi connectivity index (χ4v) is 8.74. The summed E-state index contributed by atoms with van der Waals surface area (Å²) in [5.74, 6) is 0. The number of hydrogen-bond donors (Lipinski definition) is 0. The van der Waals surface area contributed by atoms with Crippen molar-refractivity contribution in [3.05, 3.63) is 149 Å². The average Bonchev–Trinajstić information content (AvgIpc) is 3.69. The number of aryl methyl sites for hydroxylation is 4. The van der Waals surface area contributed by atoms with Gasteiger partial charge >= 0.3 is 0 Å². The Morgan fingerprint density at radius 2 is 1.02 bits per heavy atom. The molecular formula is C44H32. The standard InChI is InChI=1S/C44H32/c1-3-16-39-37(14-1)43(32-13-7-10-29(22-32)35-23-30-11-5-8-27-18-20-33(24-35)41(27)30)38-15-2-4-17-40(38)44(39)36-25-31-12-6-9-28-19-21-34(26-36)42(28)31/h1,3-14,16-17,22-26H,2,15,18-21H2. The molecule has 3 aliphatic carbocycles. The molecule has 0 heterocycles. The normalized spacial score (nSPS) is 14.6. The van der Waals surface area contributed by atoms with Crippen LogP contribution in [0.2, 0.25) is 0 Å². The smallest absolute Gasteiger partial charge is 0.00294 e. The molecule has 0 saturated heterocycles. The van der Waals surface area contributed by atoms with Crippen LogP contribution in [-0.2, 0) is 32.1 Å². The van der Waals surface area contributed by atoms with Crippen molar-refractivity contribution in [2.24, 2.45) is 0 Å². The molecule has 0 heteroatoms. The Bertz CT molecular complexity index is 2380. The van der Waals surface area contributed by atoms with Gasteiger partial charge in [-0.15, -0.1) is 0 Å². The lowest BCUT2D eigenvalue weighted by atomic mass is 9.79. The zero-order chi connectivity index (χ0) is 28.8. The van der Waals surface area contributed by atoms with Gasteiger partial charge in [-0.2, -0.15) is 0 Å². The van der Waals surface area contributed by atoms with Crippen LogP contribution in [-0.4, -0.2) is 0 Å². The van der Waals surface area contributed by atoms with Crippen molar-refractivity contribution >= 4 is 38.4 Å². The van der Waals surface area contributed by atoms with Gasteiger partial charge in [-0.3, -0.25) is 0 Å². The van der Waals surface area contributed by atoms with Gasteiger partial charge in [-0.25, -0.2) is 0 Å².